The molecule has 3 aromatic heterocycles. The van der Waals surface area contributed by atoms with Crippen molar-refractivity contribution in [1.29, 1.82) is 0 Å². The van der Waals surface area contributed by atoms with Gasteiger partial charge in [0.25, 0.3) is 0 Å². The van der Waals surface area contributed by atoms with Gasteiger partial charge < -0.3 is 9.84 Å². The Kier molecular flexibility index (Phi) is 4.79. The van der Waals surface area contributed by atoms with Gasteiger partial charge in [0.1, 0.15) is 11.4 Å². The van der Waals surface area contributed by atoms with Crippen LogP contribution in [0, 0.1) is 0 Å². The number of hydrogen-bond acceptors (Lipinski definition) is 6. The summed E-state index contributed by atoms with van der Waals surface area (Å²) >= 11 is 0. The zero-order valence-electron chi connectivity index (χ0n) is 16.1. The zero-order chi connectivity index (χ0) is 19.7. The van der Waals surface area contributed by atoms with Crippen molar-refractivity contribution in [3.63, 3.8) is 0 Å². The van der Waals surface area contributed by atoms with Crippen molar-refractivity contribution >= 4 is 10.9 Å². The molecule has 0 unspecified atom stereocenters. The lowest BCUT2D eigenvalue weighted by Gasteiger charge is -2.09. The van der Waals surface area contributed by atoms with E-state index in [0.29, 0.717) is 23.8 Å². The summed E-state index contributed by atoms with van der Waals surface area (Å²) in [5.41, 5.74) is 2.61. The molecule has 8 nitrogen and oxygen atoms in total. The largest absolute Gasteiger partial charge is 0.491 e. The van der Waals surface area contributed by atoms with Crippen molar-refractivity contribution in [2.24, 2.45) is 7.05 Å². The molecule has 1 N–H and O–H groups in total. The van der Waals surface area contributed by atoms with E-state index in [1.54, 1.807) is 23.1 Å². The molecule has 0 spiro atoms. The van der Waals surface area contributed by atoms with Crippen LogP contribution in [0.1, 0.15) is 19.4 Å². The Balaban J connectivity index is 1.77. The van der Waals surface area contributed by atoms with E-state index >= 15 is 0 Å². The average Bonchev–Trinajstić information content (AvgIpc) is 3.27. The lowest BCUT2D eigenvalue weighted by Crippen LogP contribution is -2.05. The van der Waals surface area contributed by atoms with E-state index in [1.807, 2.05) is 50.0 Å². The predicted octanol–water partition coefficient (Wildman–Crippen LogP) is 2.54. The first-order valence-electron chi connectivity index (χ1n) is 9.17. The van der Waals surface area contributed by atoms with E-state index in [2.05, 4.69) is 20.2 Å². The van der Waals surface area contributed by atoms with E-state index in [9.17, 15) is 0 Å². The molecule has 1 aromatic carbocycles. The van der Waals surface area contributed by atoms with Gasteiger partial charge in [-0.2, -0.15) is 10.2 Å². The van der Waals surface area contributed by atoms with Gasteiger partial charge >= 0.3 is 0 Å². The molecule has 28 heavy (non-hydrogen) atoms. The minimum absolute atomic E-state index is 0.0847. The first kappa shape index (κ1) is 18.1. The fraction of sp³-hybridized carbons (Fsp3) is 0.300. The smallest absolute Gasteiger partial charge is 0.182 e. The predicted molar refractivity (Wildman–Crippen MR) is 105 cm³/mol. The Bertz CT molecular complexity index is 1120. The Morgan fingerprint density at radius 2 is 2.07 bits per heavy atom. The minimum Gasteiger partial charge on any atom is -0.491 e. The summed E-state index contributed by atoms with van der Waals surface area (Å²) in [6.07, 6.45) is 5.92. The lowest BCUT2D eigenvalue weighted by molar-refractivity contribution is 0.243. The number of aliphatic hydroxyl groups excluding tert-OH is 1. The third kappa shape index (κ3) is 3.46. The molecule has 0 aliphatic heterocycles. The molecular weight excluding hydrogens is 356 g/mol. The van der Waals surface area contributed by atoms with Crippen LogP contribution in [0.2, 0.25) is 0 Å². The number of fused-ring (bicyclic) bond motifs is 1. The topological polar surface area (TPSA) is 90.9 Å². The monoisotopic (exact) mass is 378 g/mol. The number of nitrogens with zero attached hydrogens (tertiary/aromatic N) is 6. The maximum atomic E-state index is 9.09. The van der Waals surface area contributed by atoms with Gasteiger partial charge in [-0.3, -0.25) is 4.68 Å². The second kappa shape index (κ2) is 7.40. The van der Waals surface area contributed by atoms with Crippen LogP contribution >= 0.6 is 0 Å². The van der Waals surface area contributed by atoms with Crippen LogP contribution in [0.5, 0.6) is 5.75 Å². The van der Waals surface area contributed by atoms with E-state index < -0.39 is 0 Å². The highest BCUT2D eigenvalue weighted by molar-refractivity contribution is 5.92. The summed E-state index contributed by atoms with van der Waals surface area (Å²) < 4.78 is 9.32. The maximum Gasteiger partial charge on any atom is 0.182 e. The van der Waals surface area contributed by atoms with Crippen LogP contribution in [-0.4, -0.2) is 47.3 Å². The maximum absolute atomic E-state index is 9.09. The molecule has 0 radical (unpaired) electrons. The number of aryl methyl sites for hydroxylation is 1. The molecule has 8 heteroatoms. The van der Waals surface area contributed by atoms with E-state index in [0.717, 1.165) is 22.2 Å². The molecule has 0 aliphatic rings. The molecule has 0 amide bonds. The van der Waals surface area contributed by atoms with Gasteiger partial charge in [0.05, 0.1) is 17.8 Å². The van der Waals surface area contributed by atoms with Crippen molar-refractivity contribution in [3.05, 3.63) is 48.4 Å². The van der Waals surface area contributed by atoms with Crippen molar-refractivity contribution in [3.8, 4) is 23.1 Å². The van der Waals surface area contributed by atoms with Gasteiger partial charge in [0.2, 0.25) is 0 Å². The molecule has 0 saturated carbocycles. The van der Waals surface area contributed by atoms with Crippen molar-refractivity contribution in [2.45, 2.75) is 26.4 Å². The van der Waals surface area contributed by atoms with E-state index in [1.165, 1.54) is 0 Å². The Hall–Kier alpha value is -3.26. The molecule has 0 aliphatic carbocycles. The quantitative estimate of drug-likeness (QED) is 0.554. The minimum atomic E-state index is 0.0847. The molecule has 0 saturated heterocycles. The third-order valence-electron chi connectivity index (χ3n) is 4.32. The molecule has 3 heterocycles. The Morgan fingerprint density at radius 3 is 2.86 bits per heavy atom. The van der Waals surface area contributed by atoms with Crippen molar-refractivity contribution in [2.75, 3.05) is 6.61 Å². The zero-order valence-corrected chi connectivity index (χ0v) is 16.1. The molecule has 4 rings (SSSR count). The highest BCUT2D eigenvalue weighted by Gasteiger charge is 2.15. The van der Waals surface area contributed by atoms with Crippen molar-refractivity contribution in [1.82, 2.24) is 29.5 Å². The standard InChI is InChI=1S/C20H22N6O2/c1-13(2)28-15-4-5-17-16(10-15)19(24-25(17)3)20-21-8-6-18(23-20)26-12-14(7-9-27)11-22-26/h4-6,8,10-13,27H,7,9H2,1-3H3. The molecular formula is C20H22N6O2. The molecule has 0 atom stereocenters. The van der Waals surface area contributed by atoms with Crippen molar-refractivity contribution < 1.29 is 9.84 Å². The van der Waals surface area contributed by atoms with Crippen LogP contribution < -0.4 is 4.74 Å². The van der Waals surface area contributed by atoms with Crippen LogP contribution in [0.25, 0.3) is 28.2 Å². The number of hydrogen-bond donors (Lipinski definition) is 1. The number of aliphatic hydroxyl groups is 1. The molecule has 4 aromatic rings. The number of benzene rings is 1. The molecule has 0 fully saturated rings. The van der Waals surface area contributed by atoms with Gasteiger partial charge in [-0.25, -0.2) is 14.6 Å². The second-order valence-electron chi connectivity index (χ2n) is 6.82. The number of rotatable bonds is 6. The van der Waals surface area contributed by atoms with Crippen LogP contribution in [0.4, 0.5) is 0 Å². The highest BCUT2D eigenvalue weighted by Crippen LogP contribution is 2.29. The fourth-order valence-corrected chi connectivity index (χ4v) is 3.09. The van der Waals surface area contributed by atoms with Crippen LogP contribution in [-0.2, 0) is 13.5 Å². The van der Waals surface area contributed by atoms with E-state index in [4.69, 9.17) is 9.84 Å². The lowest BCUT2D eigenvalue weighted by atomic mass is 10.2. The summed E-state index contributed by atoms with van der Waals surface area (Å²) in [4.78, 5) is 9.07. The molecule has 144 valence electrons. The van der Waals surface area contributed by atoms with Crippen LogP contribution in [0.15, 0.2) is 42.9 Å². The van der Waals surface area contributed by atoms with E-state index in [-0.39, 0.29) is 12.7 Å². The van der Waals surface area contributed by atoms with Gasteiger partial charge in [-0.05, 0) is 44.0 Å². The summed E-state index contributed by atoms with van der Waals surface area (Å²) in [6, 6.07) is 7.69. The molecule has 0 bridgehead atoms. The van der Waals surface area contributed by atoms with Gasteiger partial charge in [-0.1, -0.05) is 0 Å². The fourth-order valence-electron chi connectivity index (χ4n) is 3.09. The normalized spacial score (nSPS) is 11.5. The summed E-state index contributed by atoms with van der Waals surface area (Å²) in [7, 11) is 1.90. The first-order valence-corrected chi connectivity index (χ1v) is 9.17. The van der Waals surface area contributed by atoms with Gasteiger partial charge in [-0.15, -0.1) is 0 Å². The Morgan fingerprint density at radius 1 is 1.21 bits per heavy atom. The third-order valence-corrected chi connectivity index (χ3v) is 4.32. The van der Waals surface area contributed by atoms with Crippen LogP contribution in [0.3, 0.4) is 0 Å². The summed E-state index contributed by atoms with van der Waals surface area (Å²) in [6.45, 7) is 4.08. The van der Waals surface area contributed by atoms with Gasteiger partial charge in [0.15, 0.2) is 11.6 Å². The first-order chi connectivity index (χ1) is 13.5. The average molecular weight is 378 g/mol. The summed E-state index contributed by atoms with van der Waals surface area (Å²) in [5, 5.41) is 19.0. The Labute approximate surface area is 162 Å². The number of ether oxygens (including phenoxy) is 1. The SMILES string of the molecule is CC(C)Oc1ccc2c(c1)c(-c1nccc(-n3cc(CCO)cn3)n1)nn2C. The number of aromatic nitrogens is 6. The highest BCUT2D eigenvalue weighted by atomic mass is 16.5. The van der Waals surface area contributed by atoms with Gasteiger partial charge in [0, 0.05) is 37.5 Å². The summed E-state index contributed by atoms with van der Waals surface area (Å²) in [5.74, 6) is 1.94. The second-order valence-corrected chi connectivity index (χ2v) is 6.82.